The first-order valence-electron chi connectivity index (χ1n) is 4.66. The van der Waals surface area contributed by atoms with Crippen LogP contribution < -0.4 is 9.47 Å². The Labute approximate surface area is 101 Å². The van der Waals surface area contributed by atoms with Crippen molar-refractivity contribution < 1.29 is 14.6 Å². The lowest BCUT2D eigenvalue weighted by Crippen LogP contribution is -2.06. The van der Waals surface area contributed by atoms with E-state index in [1.807, 2.05) is 0 Å². The van der Waals surface area contributed by atoms with Crippen molar-refractivity contribution in [1.29, 1.82) is 0 Å². The smallest absolute Gasteiger partial charge is 0.241 e. The lowest BCUT2D eigenvalue weighted by molar-refractivity contribution is 0.210. The molecule has 1 N–H and O–H groups in total. The van der Waals surface area contributed by atoms with Crippen LogP contribution in [0.15, 0.2) is 12.4 Å². The van der Waals surface area contributed by atoms with E-state index < -0.39 is 6.10 Å². The van der Waals surface area contributed by atoms with Gasteiger partial charge in [-0.1, -0.05) is 4.49 Å². The molecule has 8 heteroatoms. The van der Waals surface area contributed by atoms with Gasteiger partial charge in [0.25, 0.3) is 0 Å². The van der Waals surface area contributed by atoms with Crippen LogP contribution in [-0.4, -0.2) is 38.9 Å². The third kappa shape index (κ3) is 2.32. The number of ether oxygens (including phenoxy) is 2. The Morgan fingerprint density at radius 3 is 2.71 bits per heavy atom. The van der Waals surface area contributed by atoms with E-state index in [1.54, 1.807) is 0 Å². The molecule has 0 amide bonds. The SMILES string of the molecule is COc1cnc(C(O)c2cnns2)c(OC)n1. The quantitative estimate of drug-likeness (QED) is 0.845. The highest BCUT2D eigenvalue weighted by molar-refractivity contribution is 7.05. The van der Waals surface area contributed by atoms with Crippen LogP contribution in [0.5, 0.6) is 11.8 Å². The van der Waals surface area contributed by atoms with Gasteiger partial charge in [-0.3, -0.25) is 0 Å². The molecule has 0 aromatic carbocycles. The van der Waals surface area contributed by atoms with E-state index in [0.29, 0.717) is 16.5 Å². The average Bonchev–Trinajstić information content (AvgIpc) is 2.91. The summed E-state index contributed by atoms with van der Waals surface area (Å²) in [5.74, 6) is 0.533. The van der Waals surface area contributed by atoms with Crippen LogP contribution in [0.25, 0.3) is 0 Å². The number of methoxy groups -OCH3 is 2. The highest BCUT2D eigenvalue weighted by atomic mass is 32.1. The van der Waals surface area contributed by atoms with Crippen molar-refractivity contribution in [3.05, 3.63) is 23.0 Å². The Balaban J connectivity index is 2.38. The molecule has 0 saturated carbocycles. The average molecular weight is 254 g/mol. The third-order valence-electron chi connectivity index (χ3n) is 2.05. The molecule has 2 rings (SSSR count). The van der Waals surface area contributed by atoms with Crippen molar-refractivity contribution in [3.8, 4) is 11.8 Å². The molecule has 2 aromatic rings. The summed E-state index contributed by atoms with van der Waals surface area (Å²) in [6.45, 7) is 0. The van der Waals surface area contributed by atoms with Gasteiger partial charge in [-0.2, -0.15) is 4.98 Å². The highest BCUT2D eigenvalue weighted by Crippen LogP contribution is 2.28. The molecule has 1 unspecified atom stereocenters. The first-order valence-corrected chi connectivity index (χ1v) is 5.43. The second-order valence-electron chi connectivity index (χ2n) is 3.03. The van der Waals surface area contributed by atoms with Gasteiger partial charge in [0, 0.05) is 0 Å². The van der Waals surface area contributed by atoms with Crippen LogP contribution in [0.4, 0.5) is 0 Å². The molecule has 17 heavy (non-hydrogen) atoms. The van der Waals surface area contributed by atoms with Crippen LogP contribution in [-0.2, 0) is 0 Å². The zero-order valence-corrected chi connectivity index (χ0v) is 10.0. The summed E-state index contributed by atoms with van der Waals surface area (Å²) < 4.78 is 13.7. The van der Waals surface area contributed by atoms with Crippen molar-refractivity contribution in [2.45, 2.75) is 6.10 Å². The van der Waals surface area contributed by atoms with E-state index in [-0.39, 0.29) is 5.88 Å². The first kappa shape index (κ1) is 11.7. The maximum atomic E-state index is 10.1. The van der Waals surface area contributed by atoms with Gasteiger partial charge in [-0.05, 0) is 11.5 Å². The summed E-state index contributed by atoms with van der Waals surface area (Å²) in [7, 11) is 2.93. The van der Waals surface area contributed by atoms with Crippen LogP contribution in [0.2, 0.25) is 0 Å². The largest absolute Gasteiger partial charge is 0.480 e. The Kier molecular flexibility index (Phi) is 3.45. The van der Waals surface area contributed by atoms with Gasteiger partial charge >= 0.3 is 0 Å². The minimum atomic E-state index is -0.955. The molecule has 2 aromatic heterocycles. The molecular weight excluding hydrogens is 244 g/mol. The first-order chi connectivity index (χ1) is 8.26. The number of hydrogen-bond acceptors (Lipinski definition) is 8. The monoisotopic (exact) mass is 254 g/mol. The fourth-order valence-electron chi connectivity index (χ4n) is 1.23. The molecule has 1 atom stereocenters. The van der Waals surface area contributed by atoms with Gasteiger partial charge in [0.05, 0.1) is 31.5 Å². The fourth-order valence-corrected chi connectivity index (χ4v) is 1.73. The number of nitrogens with zero attached hydrogens (tertiary/aromatic N) is 4. The molecular formula is C9H10N4O3S. The fraction of sp³-hybridized carbons (Fsp3) is 0.333. The minimum absolute atomic E-state index is 0.213. The molecule has 0 aliphatic heterocycles. The predicted octanol–water partition coefficient (Wildman–Crippen LogP) is 0.427. The Bertz CT molecular complexity index is 491. The number of rotatable bonds is 4. The molecule has 2 heterocycles. The lowest BCUT2D eigenvalue weighted by Gasteiger charge is -2.11. The van der Waals surface area contributed by atoms with Gasteiger partial charge in [-0.25, -0.2) is 4.98 Å². The van der Waals surface area contributed by atoms with Gasteiger partial charge in [-0.15, -0.1) is 5.10 Å². The highest BCUT2D eigenvalue weighted by Gasteiger charge is 2.21. The molecule has 0 fully saturated rings. The predicted molar refractivity (Wildman–Crippen MR) is 59.1 cm³/mol. The third-order valence-corrected chi connectivity index (χ3v) is 2.77. The minimum Gasteiger partial charge on any atom is -0.480 e. The van der Waals surface area contributed by atoms with E-state index in [1.165, 1.54) is 26.6 Å². The van der Waals surface area contributed by atoms with Crippen molar-refractivity contribution in [3.63, 3.8) is 0 Å². The van der Waals surface area contributed by atoms with E-state index >= 15 is 0 Å². The molecule has 0 aliphatic rings. The van der Waals surface area contributed by atoms with Gasteiger partial charge in [0.2, 0.25) is 11.8 Å². The molecule has 0 radical (unpaired) electrons. The Hall–Kier alpha value is -1.80. The number of aliphatic hydroxyl groups excluding tert-OH is 1. The maximum Gasteiger partial charge on any atom is 0.241 e. The number of aliphatic hydroxyl groups is 1. The maximum absolute atomic E-state index is 10.1. The van der Waals surface area contributed by atoms with Crippen molar-refractivity contribution >= 4 is 11.5 Å². The van der Waals surface area contributed by atoms with E-state index in [4.69, 9.17) is 9.47 Å². The second-order valence-corrected chi connectivity index (χ2v) is 3.85. The zero-order valence-electron chi connectivity index (χ0n) is 9.19. The summed E-state index contributed by atoms with van der Waals surface area (Å²) in [5.41, 5.74) is 0.305. The summed E-state index contributed by atoms with van der Waals surface area (Å²) in [6, 6.07) is 0. The standard InChI is InChI=1S/C9H10N4O3S/c1-15-6-4-10-7(9(12-6)16-2)8(14)5-3-11-13-17-5/h3-4,8,14H,1-2H3. The van der Waals surface area contributed by atoms with E-state index in [2.05, 4.69) is 19.6 Å². The molecule has 90 valence electrons. The van der Waals surface area contributed by atoms with Crippen LogP contribution in [0.3, 0.4) is 0 Å². The number of hydrogen-bond donors (Lipinski definition) is 1. The zero-order chi connectivity index (χ0) is 12.3. The van der Waals surface area contributed by atoms with Crippen molar-refractivity contribution in [2.75, 3.05) is 14.2 Å². The van der Waals surface area contributed by atoms with Gasteiger partial charge in [0.1, 0.15) is 11.8 Å². The summed E-state index contributed by atoms with van der Waals surface area (Å²) in [5, 5.41) is 13.7. The Morgan fingerprint density at radius 2 is 2.12 bits per heavy atom. The number of aromatic nitrogens is 4. The lowest BCUT2D eigenvalue weighted by atomic mass is 10.2. The molecule has 0 aliphatic carbocycles. The summed E-state index contributed by atoms with van der Waals surface area (Å²) in [4.78, 5) is 8.67. The van der Waals surface area contributed by atoms with E-state index in [9.17, 15) is 5.11 Å². The molecule has 0 saturated heterocycles. The summed E-state index contributed by atoms with van der Waals surface area (Å²) in [6.07, 6.45) is 1.93. The molecule has 0 spiro atoms. The van der Waals surface area contributed by atoms with Crippen LogP contribution >= 0.6 is 11.5 Å². The Morgan fingerprint density at radius 1 is 1.29 bits per heavy atom. The molecule has 0 bridgehead atoms. The van der Waals surface area contributed by atoms with Gasteiger partial charge < -0.3 is 14.6 Å². The van der Waals surface area contributed by atoms with E-state index in [0.717, 1.165) is 11.5 Å². The van der Waals surface area contributed by atoms with Crippen molar-refractivity contribution in [2.24, 2.45) is 0 Å². The topological polar surface area (TPSA) is 90.2 Å². The van der Waals surface area contributed by atoms with Gasteiger partial charge in [0.15, 0.2) is 0 Å². The van der Waals surface area contributed by atoms with Crippen LogP contribution in [0, 0.1) is 0 Å². The van der Waals surface area contributed by atoms with Crippen molar-refractivity contribution in [1.82, 2.24) is 19.6 Å². The summed E-state index contributed by atoms with van der Waals surface area (Å²) >= 11 is 1.09. The molecule has 7 nitrogen and oxygen atoms in total. The second kappa shape index (κ2) is 5.02. The normalized spacial score (nSPS) is 12.2. The van der Waals surface area contributed by atoms with Crippen LogP contribution in [0.1, 0.15) is 16.7 Å².